The molecule has 1 aromatic carbocycles. The van der Waals surface area contributed by atoms with Gasteiger partial charge in [-0.05, 0) is 66.3 Å². The summed E-state index contributed by atoms with van der Waals surface area (Å²) < 4.78 is 5.81. The van der Waals surface area contributed by atoms with Gasteiger partial charge < -0.3 is 4.74 Å². The lowest BCUT2D eigenvalue weighted by Crippen LogP contribution is -1.94. The molecule has 1 aliphatic carbocycles. The van der Waals surface area contributed by atoms with Crippen molar-refractivity contribution in [2.24, 2.45) is 0 Å². The first-order valence-electron chi connectivity index (χ1n) is 6.10. The van der Waals surface area contributed by atoms with Gasteiger partial charge in [0.15, 0.2) is 0 Å². The van der Waals surface area contributed by atoms with Gasteiger partial charge in [-0.25, -0.2) is 0 Å². The number of hydrogen-bond donors (Lipinski definition) is 0. The van der Waals surface area contributed by atoms with Crippen LogP contribution in [0.5, 0.6) is 5.75 Å². The van der Waals surface area contributed by atoms with Gasteiger partial charge in [0.05, 0.1) is 0 Å². The van der Waals surface area contributed by atoms with Crippen molar-refractivity contribution >= 4 is 11.3 Å². The normalized spacial score (nSPS) is 14.3. The van der Waals surface area contributed by atoms with E-state index in [4.69, 9.17) is 4.74 Å². The first-order chi connectivity index (χ1) is 8.92. The van der Waals surface area contributed by atoms with Crippen LogP contribution in [0.4, 0.5) is 0 Å². The minimum atomic E-state index is 0.896. The number of benzene rings is 1. The van der Waals surface area contributed by atoms with E-state index in [1.807, 2.05) is 18.2 Å². The Morgan fingerprint density at radius 1 is 1.00 bits per heavy atom. The predicted octanol–water partition coefficient (Wildman–Crippen LogP) is 5.03. The Balaban J connectivity index is 1.75. The van der Waals surface area contributed by atoms with Crippen molar-refractivity contribution in [2.45, 2.75) is 12.8 Å². The van der Waals surface area contributed by atoms with Crippen LogP contribution in [0, 0.1) is 0 Å². The smallest absolute Gasteiger partial charge is 0.127 e. The molecule has 1 aliphatic rings. The van der Waals surface area contributed by atoms with Gasteiger partial charge in [0.1, 0.15) is 11.5 Å². The molecule has 1 nitrogen and oxygen atoms in total. The molecule has 0 radical (unpaired) electrons. The van der Waals surface area contributed by atoms with Gasteiger partial charge in [-0.1, -0.05) is 12.1 Å². The van der Waals surface area contributed by atoms with Gasteiger partial charge in [-0.15, -0.1) is 11.3 Å². The highest BCUT2D eigenvalue weighted by Crippen LogP contribution is 2.27. The summed E-state index contributed by atoms with van der Waals surface area (Å²) in [6, 6.07) is 12.5. The van der Waals surface area contributed by atoms with Crippen LogP contribution in [0.25, 0.3) is 10.4 Å². The first kappa shape index (κ1) is 11.3. The van der Waals surface area contributed by atoms with Crippen LogP contribution >= 0.6 is 11.3 Å². The van der Waals surface area contributed by atoms with E-state index in [1.165, 1.54) is 10.4 Å². The minimum Gasteiger partial charge on any atom is -0.458 e. The highest BCUT2D eigenvalue weighted by molar-refractivity contribution is 7.13. The largest absolute Gasteiger partial charge is 0.458 e. The van der Waals surface area contributed by atoms with Crippen molar-refractivity contribution in [3.8, 4) is 16.2 Å². The molecular weight excluding hydrogens is 240 g/mol. The van der Waals surface area contributed by atoms with Gasteiger partial charge in [0.25, 0.3) is 0 Å². The Labute approximate surface area is 111 Å². The molecule has 0 spiro atoms. The SMILES string of the molecule is C1=CC(Oc2ccc(-c3cccs3)cc2)=CCC1. The Morgan fingerprint density at radius 2 is 1.89 bits per heavy atom. The fourth-order valence-corrected chi connectivity index (χ4v) is 2.66. The van der Waals surface area contributed by atoms with Crippen molar-refractivity contribution in [2.75, 3.05) is 0 Å². The molecule has 0 amide bonds. The summed E-state index contributed by atoms with van der Waals surface area (Å²) in [5.74, 6) is 1.85. The van der Waals surface area contributed by atoms with Gasteiger partial charge >= 0.3 is 0 Å². The van der Waals surface area contributed by atoms with E-state index in [1.54, 1.807) is 11.3 Å². The number of rotatable bonds is 3. The maximum absolute atomic E-state index is 5.81. The minimum absolute atomic E-state index is 0.896. The second-order valence-corrected chi connectivity index (χ2v) is 5.14. The molecule has 0 N–H and O–H groups in total. The van der Waals surface area contributed by atoms with E-state index in [0.717, 1.165) is 24.4 Å². The monoisotopic (exact) mass is 254 g/mol. The molecular formula is C16H14OS. The number of ether oxygens (including phenoxy) is 1. The molecule has 1 aromatic heterocycles. The molecule has 90 valence electrons. The van der Waals surface area contributed by atoms with Gasteiger partial charge in [0.2, 0.25) is 0 Å². The Morgan fingerprint density at radius 3 is 2.56 bits per heavy atom. The van der Waals surface area contributed by atoms with Gasteiger partial charge in [0, 0.05) is 4.88 Å². The molecule has 2 heteroatoms. The van der Waals surface area contributed by atoms with Crippen LogP contribution in [0.2, 0.25) is 0 Å². The fraction of sp³-hybridized carbons (Fsp3) is 0.125. The lowest BCUT2D eigenvalue weighted by atomic mass is 10.1. The van der Waals surface area contributed by atoms with Crippen molar-refractivity contribution < 1.29 is 4.74 Å². The summed E-state index contributed by atoms with van der Waals surface area (Å²) >= 11 is 1.75. The van der Waals surface area contributed by atoms with E-state index in [-0.39, 0.29) is 0 Å². The van der Waals surface area contributed by atoms with Crippen molar-refractivity contribution in [1.29, 1.82) is 0 Å². The maximum atomic E-state index is 5.81. The summed E-state index contributed by atoms with van der Waals surface area (Å²) in [7, 11) is 0. The molecule has 0 atom stereocenters. The molecule has 18 heavy (non-hydrogen) atoms. The third kappa shape index (κ3) is 2.54. The van der Waals surface area contributed by atoms with Crippen LogP contribution < -0.4 is 4.74 Å². The van der Waals surface area contributed by atoms with Crippen LogP contribution in [0.1, 0.15) is 12.8 Å². The first-order valence-corrected chi connectivity index (χ1v) is 6.98. The fourth-order valence-electron chi connectivity index (χ4n) is 1.93. The Bertz CT molecular complexity index is 562. The standard InChI is InChI=1S/C16H14OS/c1-2-5-14(6-3-1)17-15-10-8-13(9-11-15)16-7-4-12-18-16/h2,4-12H,1,3H2. The van der Waals surface area contributed by atoms with Crippen molar-refractivity contribution in [3.63, 3.8) is 0 Å². The predicted molar refractivity (Wildman–Crippen MR) is 76.8 cm³/mol. The second-order valence-electron chi connectivity index (χ2n) is 4.19. The molecule has 0 saturated carbocycles. The summed E-state index contributed by atoms with van der Waals surface area (Å²) in [5.41, 5.74) is 1.24. The van der Waals surface area contributed by atoms with Crippen LogP contribution in [0.15, 0.2) is 65.8 Å². The second kappa shape index (κ2) is 5.23. The van der Waals surface area contributed by atoms with E-state index in [0.29, 0.717) is 0 Å². The summed E-state index contributed by atoms with van der Waals surface area (Å²) in [4.78, 5) is 1.29. The zero-order valence-electron chi connectivity index (χ0n) is 10.0. The molecule has 0 bridgehead atoms. The number of thiophene rings is 1. The van der Waals surface area contributed by atoms with E-state index < -0.39 is 0 Å². The third-order valence-corrected chi connectivity index (χ3v) is 3.78. The zero-order chi connectivity index (χ0) is 12.2. The van der Waals surface area contributed by atoms with E-state index >= 15 is 0 Å². The highest BCUT2D eigenvalue weighted by atomic mass is 32.1. The van der Waals surface area contributed by atoms with Crippen LogP contribution in [-0.4, -0.2) is 0 Å². The Kier molecular flexibility index (Phi) is 3.29. The topological polar surface area (TPSA) is 9.23 Å². The van der Waals surface area contributed by atoms with E-state index in [9.17, 15) is 0 Å². The number of allylic oxidation sites excluding steroid dienone is 3. The molecule has 0 saturated heterocycles. The van der Waals surface area contributed by atoms with Crippen LogP contribution in [0.3, 0.4) is 0 Å². The quantitative estimate of drug-likeness (QED) is 0.746. The molecule has 3 rings (SSSR count). The third-order valence-electron chi connectivity index (χ3n) is 2.86. The van der Waals surface area contributed by atoms with Crippen molar-refractivity contribution in [3.05, 3.63) is 65.8 Å². The van der Waals surface area contributed by atoms with Crippen molar-refractivity contribution in [1.82, 2.24) is 0 Å². The lowest BCUT2D eigenvalue weighted by Gasteiger charge is -2.09. The lowest BCUT2D eigenvalue weighted by molar-refractivity contribution is 0.439. The summed E-state index contributed by atoms with van der Waals surface area (Å²) in [6.45, 7) is 0. The van der Waals surface area contributed by atoms with E-state index in [2.05, 4.69) is 41.8 Å². The molecule has 0 fully saturated rings. The highest BCUT2D eigenvalue weighted by Gasteiger charge is 2.02. The zero-order valence-corrected chi connectivity index (χ0v) is 10.8. The van der Waals surface area contributed by atoms with Gasteiger partial charge in [-0.2, -0.15) is 0 Å². The maximum Gasteiger partial charge on any atom is 0.127 e. The molecule has 2 aromatic rings. The summed E-state index contributed by atoms with van der Waals surface area (Å²) in [5, 5.41) is 2.09. The molecule has 1 heterocycles. The molecule has 0 aliphatic heterocycles. The van der Waals surface area contributed by atoms with Gasteiger partial charge in [-0.3, -0.25) is 0 Å². The summed E-state index contributed by atoms with van der Waals surface area (Å²) in [6.07, 6.45) is 8.50. The average Bonchev–Trinajstić information content (AvgIpc) is 2.95. The Hall–Kier alpha value is -1.80. The van der Waals surface area contributed by atoms with Crippen LogP contribution in [-0.2, 0) is 0 Å². The molecule has 0 unspecified atom stereocenters. The number of hydrogen-bond acceptors (Lipinski definition) is 2. The average molecular weight is 254 g/mol.